The van der Waals surface area contributed by atoms with Crippen molar-refractivity contribution >= 4 is 12.2 Å². The first kappa shape index (κ1) is 6.34. The lowest BCUT2D eigenvalue weighted by molar-refractivity contribution is 0.114. The summed E-state index contributed by atoms with van der Waals surface area (Å²) in [6, 6.07) is 0. The summed E-state index contributed by atoms with van der Waals surface area (Å²) in [5, 5.41) is 5.14. The molecule has 1 rings (SSSR count). The fraction of sp³-hybridized carbons (Fsp3) is 0.333. The summed E-state index contributed by atoms with van der Waals surface area (Å²) >= 11 is 4.33. The van der Waals surface area contributed by atoms with E-state index in [4.69, 9.17) is 0 Å². The van der Waals surface area contributed by atoms with E-state index in [0.717, 1.165) is 0 Å². The third-order valence-corrected chi connectivity index (χ3v) is 0.816. The largest absolute Gasteiger partial charge is 0.408 e. The highest BCUT2D eigenvalue weighted by Crippen LogP contribution is 2.14. The van der Waals surface area contributed by atoms with E-state index in [2.05, 4.69) is 26.8 Å². The molecule has 0 aliphatic carbocycles. The Hall–Kier alpha value is -0.780. The smallest absolute Gasteiger partial charge is 0.314 e. The molecule has 50 valence electrons. The highest BCUT2D eigenvalue weighted by Gasteiger charge is 2.11. The second-order valence-corrected chi connectivity index (χ2v) is 1.62. The van der Waals surface area contributed by atoms with Gasteiger partial charge in [0.2, 0.25) is 0 Å². The molecule has 0 radical (unpaired) electrons. The van der Waals surface area contributed by atoms with Crippen LogP contribution in [0.15, 0.2) is 4.42 Å². The van der Waals surface area contributed by atoms with Crippen molar-refractivity contribution in [1.29, 1.82) is 0 Å². The molecule has 6 heteroatoms. The number of nitrogens with one attached hydrogen (secondary N) is 1. The fourth-order valence-corrected chi connectivity index (χ4v) is 0.466. The van der Waals surface area contributed by atoms with Crippen LogP contribution in [-0.4, -0.2) is 10.2 Å². The summed E-state index contributed by atoms with van der Waals surface area (Å²) in [5.74, 6) is -0.667. The van der Waals surface area contributed by atoms with Gasteiger partial charge in [-0.15, -0.1) is 5.10 Å². The maximum Gasteiger partial charge on any atom is 0.314 e. The van der Waals surface area contributed by atoms with Gasteiger partial charge in [-0.25, -0.2) is 5.10 Å². The van der Waals surface area contributed by atoms with Crippen LogP contribution in [0.5, 0.6) is 0 Å². The number of aromatic amines is 1. The molecule has 3 nitrogen and oxygen atoms in total. The molecule has 0 aliphatic heterocycles. The molecule has 0 fully saturated rings. The van der Waals surface area contributed by atoms with Gasteiger partial charge in [-0.3, -0.25) is 0 Å². The number of H-pyrrole nitrogens is 1. The number of rotatable bonds is 1. The lowest BCUT2D eigenvalue weighted by Gasteiger charge is -1.83. The standard InChI is InChI=1S/C3H2F2N2OS/c4-1(5)2-6-7-3(9)8-2/h1H,(H,7,9). The van der Waals surface area contributed by atoms with Crippen molar-refractivity contribution in [3.05, 3.63) is 10.7 Å². The first-order chi connectivity index (χ1) is 4.20. The zero-order valence-corrected chi connectivity index (χ0v) is 4.91. The number of nitrogens with zero attached hydrogens (tertiary/aromatic N) is 1. The van der Waals surface area contributed by atoms with E-state index in [0.29, 0.717) is 0 Å². The third-order valence-electron chi connectivity index (χ3n) is 0.641. The van der Waals surface area contributed by atoms with Gasteiger partial charge in [-0.1, -0.05) is 0 Å². The van der Waals surface area contributed by atoms with E-state index in [9.17, 15) is 8.78 Å². The average Bonchev–Trinajstić information content (AvgIpc) is 2.14. The Morgan fingerprint density at radius 3 is 2.56 bits per heavy atom. The van der Waals surface area contributed by atoms with E-state index >= 15 is 0 Å². The van der Waals surface area contributed by atoms with Crippen molar-refractivity contribution in [3.8, 4) is 0 Å². The van der Waals surface area contributed by atoms with Crippen LogP contribution in [0.2, 0.25) is 0 Å². The van der Waals surface area contributed by atoms with Gasteiger partial charge < -0.3 is 4.42 Å². The van der Waals surface area contributed by atoms with Crippen molar-refractivity contribution in [3.63, 3.8) is 0 Å². The van der Waals surface area contributed by atoms with Crippen LogP contribution in [0.4, 0.5) is 8.78 Å². The second-order valence-electron chi connectivity index (χ2n) is 1.25. The van der Waals surface area contributed by atoms with Gasteiger partial charge >= 0.3 is 6.43 Å². The van der Waals surface area contributed by atoms with Crippen LogP contribution in [0.3, 0.4) is 0 Å². The van der Waals surface area contributed by atoms with Gasteiger partial charge in [0.15, 0.2) is 0 Å². The minimum Gasteiger partial charge on any atom is -0.408 e. The molecule has 1 N–H and O–H groups in total. The maximum atomic E-state index is 11.6. The van der Waals surface area contributed by atoms with Crippen molar-refractivity contribution in [2.24, 2.45) is 0 Å². The van der Waals surface area contributed by atoms with Crippen LogP contribution in [0.25, 0.3) is 0 Å². The minimum atomic E-state index is -2.70. The van der Waals surface area contributed by atoms with E-state index in [-0.39, 0.29) is 4.84 Å². The summed E-state index contributed by atoms with van der Waals surface area (Å²) in [7, 11) is 0. The predicted molar refractivity (Wildman–Crippen MR) is 26.6 cm³/mol. The minimum absolute atomic E-state index is 0.134. The predicted octanol–water partition coefficient (Wildman–Crippen LogP) is 1.67. The molecule has 1 aromatic rings. The Bertz CT molecular complexity index is 242. The number of hydrogen-bond acceptors (Lipinski definition) is 3. The third kappa shape index (κ3) is 1.32. The Kier molecular flexibility index (Phi) is 1.56. The topological polar surface area (TPSA) is 41.8 Å². The highest BCUT2D eigenvalue weighted by atomic mass is 32.1. The van der Waals surface area contributed by atoms with Crippen molar-refractivity contribution in [2.75, 3.05) is 0 Å². The van der Waals surface area contributed by atoms with Crippen LogP contribution in [0.1, 0.15) is 12.3 Å². The van der Waals surface area contributed by atoms with Gasteiger partial charge in [0.25, 0.3) is 10.7 Å². The Morgan fingerprint density at radius 2 is 2.33 bits per heavy atom. The molecule has 0 saturated heterocycles. The molecule has 0 bridgehead atoms. The number of halogens is 2. The number of aromatic nitrogens is 2. The fourth-order valence-electron chi connectivity index (χ4n) is 0.335. The Balaban J connectivity index is 2.98. The normalized spacial score (nSPS) is 10.6. The second kappa shape index (κ2) is 2.22. The van der Waals surface area contributed by atoms with Gasteiger partial charge in [-0.2, -0.15) is 8.78 Å². The molecule has 0 amide bonds. The average molecular weight is 152 g/mol. The van der Waals surface area contributed by atoms with Crippen molar-refractivity contribution in [2.45, 2.75) is 6.43 Å². The molecule has 9 heavy (non-hydrogen) atoms. The van der Waals surface area contributed by atoms with Gasteiger partial charge in [0.05, 0.1) is 0 Å². The number of hydrogen-bond donors (Lipinski definition) is 1. The molecular weight excluding hydrogens is 150 g/mol. The molecule has 1 aromatic heterocycles. The molecular formula is C3H2F2N2OS. The monoisotopic (exact) mass is 152 g/mol. The molecule has 0 unspecified atom stereocenters. The summed E-state index contributed by atoms with van der Waals surface area (Å²) < 4.78 is 27.4. The van der Waals surface area contributed by atoms with E-state index in [1.165, 1.54) is 0 Å². The zero-order valence-electron chi connectivity index (χ0n) is 4.10. The lowest BCUT2D eigenvalue weighted by atomic mass is 10.7. The molecule has 0 saturated carbocycles. The van der Waals surface area contributed by atoms with E-state index in [1.807, 2.05) is 0 Å². The van der Waals surface area contributed by atoms with E-state index < -0.39 is 12.3 Å². The summed E-state index contributed by atoms with van der Waals surface area (Å²) in [5.41, 5.74) is 0. The van der Waals surface area contributed by atoms with Crippen molar-refractivity contribution < 1.29 is 13.2 Å². The lowest BCUT2D eigenvalue weighted by Crippen LogP contribution is -1.81. The first-order valence-electron chi connectivity index (χ1n) is 2.03. The Labute approximate surface area is 53.7 Å². The summed E-state index contributed by atoms with van der Waals surface area (Å²) in [6.07, 6.45) is -2.70. The van der Waals surface area contributed by atoms with Crippen molar-refractivity contribution in [1.82, 2.24) is 10.2 Å². The maximum absolute atomic E-state index is 11.6. The number of alkyl halides is 2. The molecule has 0 spiro atoms. The van der Waals surface area contributed by atoms with Gasteiger partial charge in [0, 0.05) is 0 Å². The quantitative estimate of drug-likeness (QED) is 0.622. The molecule has 0 aliphatic rings. The zero-order chi connectivity index (χ0) is 6.85. The summed E-state index contributed by atoms with van der Waals surface area (Å²) in [4.78, 5) is -0.134. The van der Waals surface area contributed by atoms with E-state index in [1.54, 1.807) is 0 Å². The van der Waals surface area contributed by atoms with Gasteiger partial charge in [0.1, 0.15) is 0 Å². The first-order valence-corrected chi connectivity index (χ1v) is 2.44. The SMILES string of the molecule is FC(F)c1n[nH]c(=S)o1. The Morgan fingerprint density at radius 1 is 1.67 bits per heavy atom. The van der Waals surface area contributed by atoms with Crippen LogP contribution >= 0.6 is 12.2 Å². The molecule has 0 aromatic carbocycles. The van der Waals surface area contributed by atoms with Crippen LogP contribution in [-0.2, 0) is 0 Å². The summed E-state index contributed by atoms with van der Waals surface area (Å²) in [6.45, 7) is 0. The molecule has 1 heterocycles. The van der Waals surface area contributed by atoms with Crippen LogP contribution < -0.4 is 0 Å². The van der Waals surface area contributed by atoms with Crippen LogP contribution in [0, 0.1) is 4.84 Å². The van der Waals surface area contributed by atoms with Gasteiger partial charge in [-0.05, 0) is 12.2 Å². The highest BCUT2D eigenvalue weighted by molar-refractivity contribution is 7.71. The molecule has 0 atom stereocenters.